The number of likely N-dealkylation sites (tertiary alicyclic amines) is 1. The minimum Gasteiger partial charge on any atom is -0.464 e. The van der Waals surface area contributed by atoms with Crippen LogP contribution in [0.3, 0.4) is 0 Å². The normalized spacial score (nSPS) is 15.0. The van der Waals surface area contributed by atoms with Crippen LogP contribution in [-0.2, 0) is 6.54 Å². The maximum atomic E-state index is 12.5. The second kappa shape index (κ2) is 9.24. The summed E-state index contributed by atoms with van der Waals surface area (Å²) >= 11 is 0. The third kappa shape index (κ3) is 4.50. The molecule has 162 valence electrons. The first kappa shape index (κ1) is 20.3. The molecule has 1 amide bonds. The van der Waals surface area contributed by atoms with Gasteiger partial charge in [0.05, 0.1) is 18.5 Å². The summed E-state index contributed by atoms with van der Waals surface area (Å²) in [5.74, 6) is 1.54. The number of hydrogen-bond donors (Lipinski definition) is 1. The Labute approximate surface area is 187 Å². The number of benzene rings is 2. The van der Waals surface area contributed by atoms with Gasteiger partial charge in [-0.25, -0.2) is 4.68 Å². The average molecular weight is 427 g/mol. The Morgan fingerprint density at radius 3 is 2.47 bits per heavy atom. The van der Waals surface area contributed by atoms with E-state index >= 15 is 0 Å². The molecule has 1 N–H and O–H groups in total. The number of amides is 1. The second-order valence-corrected chi connectivity index (χ2v) is 8.16. The van der Waals surface area contributed by atoms with E-state index < -0.39 is 0 Å². The van der Waals surface area contributed by atoms with Crippen molar-refractivity contribution in [1.29, 1.82) is 0 Å². The lowest BCUT2D eigenvalue weighted by atomic mass is 10.0. The molecule has 6 nitrogen and oxygen atoms in total. The van der Waals surface area contributed by atoms with Crippen molar-refractivity contribution in [2.45, 2.75) is 25.4 Å². The molecule has 1 fully saturated rings. The largest absolute Gasteiger partial charge is 0.464 e. The van der Waals surface area contributed by atoms with E-state index in [1.54, 1.807) is 12.5 Å². The Morgan fingerprint density at radius 1 is 0.969 bits per heavy atom. The monoisotopic (exact) mass is 426 g/mol. The fraction of sp³-hybridized carbons (Fsp3) is 0.231. The molecule has 4 aromatic rings. The van der Waals surface area contributed by atoms with E-state index in [-0.39, 0.29) is 11.9 Å². The second-order valence-electron chi connectivity index (χ2n) is 8.16. The standard InChI is InChI=1S/C26H26N4O2/c31-26(22-5-2-1-3-6-22)28-25-12-15-27-30(25)23-13-16-29(17-14-23)19-20-8-10-21(11-9-20)24-7-4-18-32-24/h1-12,15,18,23H,13-14,16-17,19H2,(H,28,31). The van der Waals surface area contributed by atoms with Gasteiger partial charge in [-0.3, -0.25) is 9.69 Å². The lowest BCUT2D eigenvalue weighted by Gasteiger charge is -2.32. The molecule has 2 aromatic carbocycles. The summed E-state index contributed by atoms with van der Waals surface area (Å²) in [5, 5.41) is 7.52. The predicted molar refractivity (Wildman–Crippen MR) is 124 cm³/mol. The molecule has 1 aliphatic heterocycles. The average Bonchev–Trinajstić information content (AvgIpc) is 3.53. The molecule has 0 spiro atoms. The number of rotatable bonds is 6. The lowest BCUT2D eigenvalue weighted by Crippen LogP contribution is -2.35. The van der Waals surface area contributed by atoms with Crippen molar-refractivity contribution in [1.82, 2.24) is 14.7 Å². The topological polar surface area (TPSA) is 63.3 Å². The number of nitrogens with zero attached hydrogens (tertiary/aromatic N) is 3. The Hall–Kier alpha value is -3.64. The van der Waals surface area contributed by atoms with E-state index in [1.807, 2.05) is 53.2 Å². The first-order valence-electron chi connectivity index (χ1n) is 11.0. The number of anilines is 1. The SMILES string of the molecule is O=C(Nc1ccnn1C1CCN(Cc2ccc(-c3ccco3)cc2)CC1)c1ccccc1. The summed E-state index contributed by atoms with van der Waals surface area (Å²) in [6, 6.07) is 23.9. The highest BCUT2D eigenvalue weighted by Gasteiger charge is 2.23. The van der Waals surface area contributed by atoms with Gasteiger partial charge in [0.1, 0.15) is 11.6 Å². The summed E-state index contributed by atoms with van der Waals surface area (Å²) in [6.45, 7) is 2.93. The van der Waals surface area contributed by atoms with Gasteiger partial charge in [-0.1, -0.05) is 42.5 Å². The molecule has 0 aliphatic carbocycles. The van der Waals surface area contributed by atoms with Gasteiger partial charge in [-0.2, -0.15) is 5.10 Å². The fourth-order valence-electron chi connectivity index (χ4n) is 4.28. The molecule has 3 heterocycles. The number of carbonyl (C=O) groups excluding carboxylic acids is 1. The van der Waals surface area contributed by atoms with Crippen LogP contribution in [0, 0.1) is 0 Å². The first-order chi connectivity index (χ1) is 15.8. The van der Waals surface area contributed by atoms with Crippen LogP contribution in [0.4, 0.5) is 5.82 Å². The van der Waals surface area contributed by atoms with E-state index in [9.17, 15) is 4.79 Å². The molecule has 32 heavy (non-hydrogen) atoms. The Kier molecular flexibility index (Phi) is 5.85. The molecular weight excluding hydrogens is 400 g/mol. The van der Waals surface area contributed by atoms with Gasteiger partial charge in [-0.15, -0.1) is 0 Å². The van der Waals surface area contributed by atoms with Crippen LogP contribution in [0.25, 0.3) is 11.3 Å². The highest BCUT2D eigenvalue weighted by molar-refractivity contribution is 6.03. The molecule has 5 rings (SSSR count). The zero-order valence-corrected chi connectivity index (χ0v) is 17.9. The number of furan rings is 1. The van der Waals surface area contributed by atoms with Gasteiger partial charge < -0.3 is 9.73 Å². The quantitative estimate of drug-likeness (QED) is 0.458. The van der Waals surface area contributed by atoms with E-state index in [2.05, 4.69) is 39.6 Å². The molecule has 0 saturated carbocycles. The van der Waals surface area contributed by atoms with Gasteiger partial charge in [0.25, 0.3) is 5.91 Å². The van der Waals surface area contributed by atoms with Crippen molar-refractivity contribution in [3.8, 4) is 11.3 Å². The third-order valence-corrected chi connectivity index (χ3v) is 6.02. The number of aromatic nitrogens is 2. The van der Waals surface area contributed by atoms with E-state index in [1.165, 1.54) is 5.56 Å². The van der Waals surface area contributed by atoms with Crippen LogP contribution in [0.1, 0.15) is 34.8 Å². The van der Waals surface area contributed by atoms with Crippen molar-refractivity contribution in [2.75, 3.05) is 18.4 Å². The number of hydrogen-bond acceptors (Lipinski definition) is 4. The highest BCUT2D eigenvalue weighted by Crippen LogP contribution is 2.27. The predicted octanol–water partition coefficient (Wildman–Crippen LogP) is 5.23. The summed E-state index contributed by atoms with van der Waals surface area (Å²) in [5.41, 5.74) is 3.04. The van der Waals surface area contributed by atoms with Gasteiger partial charge >= 0.3 is 0 Å². The molecule has 0 unspecified atom stereocenters. The molecule has 2 aromatic heterocycles. The van der Waals surface area contributed by atoms with Crippen LogP contribution in [0.2, 0.25) is 0 Å². The van der Waals surface area contributed by atoms with Crippen LogP contribution < -0.4 is 5.32 Å². The highest BCUT2D eigenvalue weighted by atomic mass is 16.3. The molecule has 0 atom stereocenters. The van der Waals surface area contributed by atoms with E-state index in [0.29, 0.717) is 5.56 Å². The summed E-state index contributed by atoms with van der Waals surface area (Å²) < 4.78 is 7.44. The molecule has 1 saturated heterocycles. The van der Waals surface area contributed by atoms with Gasteiger partial charge in [-0.05, 0) is 42.7 Å². The third-order valence-electron chi connectivity index (χ3n) is 6.02. The van der Waals surface area contributed by atoms with Crippen LogP contribution in [0.5, 0.6) is 0 Å². The zero-order valence-electron chi connectivity index (χ0n) is 17.9. The maximum Gasteiger partial charge on any atom is 0.256 e. The Balaban J connectivity index is 1.17. The fourth-order valence-corrected chi connectivity index (χ4v) is 4.28. The van der Waals surface area contributed by atoms with Gasteiger partial charge in [0, 0.05) is 36.8 Å². The molecule has 0 radical (unpaired) electrons. The summed E-state index contributed by atoms with van der Waals surface area (Å²) in [6.07, 6.45) is 5.46. The maximum absolute atomic E-state index is 12.5. The number of piperidine rings is 1. The molecule has 0 bridgehead atoms. The van der Waals surface area contributed by atoms with Crippen molar-refractivity contribution < 1.29 is 9.21 Å². The molecule has 6 heteroatoms. The smallest absolute Gasteiger partial charge is 0.256 e. The van der Waals surface area contributed by atoms with Crippen molar-refractivity contribution >= 4 is 11.7 Å². The van der Waals surface area contributed by atoms with Crippen LogP contribution >= 0.6 is 0 Å². The van der Waals surface area contributed by atoms with Crippen molar-refractivity contribution in [2.24, 2.45) is 0 Å². The van der Waals surface area contributed by atoms with Crippen LogP contribution in [0.15, 0.2) is 89.7 Å². The summed E-state index contributed by atoms with van der Waals surface area (Å²) in [4.78, 5) is 15.0. The molecular formula is C26H26N4O2. The van der Waals surface area contributed by atoms with Crippen LogP contribution in [-0.4, -0.2) is 33.7 Å². The summed E-state index contributed by atoms with van der Waals surface area (Å²) in [7, 11) is 0. The number of nitrogens with one attached hydrogen (secondary N) is 1. The Bertz CT molecular complexity index is 1140. The Morgan fingerprint density at radius 2 is 1.75 bits per heavy atom. The van der Waals surface area contributed by atoms with Gasteiger partial charge in [0.15, 0.2) is 0 Å². The zero-order chi connectivity index (χ0) is 21.8. The van der Waals surface area contributed by atoms with Crippen molar-refractivity contribution in [3.63, 3.8) is 0 Å². The molecule has 1 aliphatic rings. The van der Waals surface area contributed by atoms with E-state index in [4.69, 9.17) is 4.42 Å². The number of carbonyl (C=O) groups is 1. The minimum absolute atomic E-state index is 0.109. The lowest BCUT2D eigenvalue weighted by molar-refractivity contribution is 0.102. The van der Waals surface area contributed by atoms with Gasteiger partial charge in [0.2, 0.25) is 0 Å². The van der Waals surface area contributed by atoms with E-state index in [0.717, 1.165) is 49.6 Å². The minimum atomic E-state index is -0.109. The van der Waals surface area contributed by atoms with Crippen molar-refractivity contribution in [3.05, 3.63) is 96.4 Å². The first-order valence-corrected chi connectivity index (χ1v) is 11.0.